The van der Waals surface area contributed by atoms with Crippen molar-refractivity contribution >= 4 is 6.03 Å². The van der Waals surface area contributed by atoms with Crippen molar-refractivity contribution in [2.45, 2.75) is 57.4 Å². The molecule has 4 heteroatoms. The van der Waals surface area contributed by atoms with Gasteiger partial charge in [-0.3, -0.25) is 0 Å². The number of nitrogens with one attached hydrogen (secondary N) is 1. The summed E-state index contributed by atoms with van der Waals surface area (Å²) in [5.41, 5.74) is 3.13. The fourth-order valence-electron chi connectivity index (χ4n) is 4.59. The number of likely N-dealkylation sites (tertiary alicyclic amines) is 1. The summed E-state index contributed by atoms with van der Waals surface area (Å²) < 4.78 is 0. The Morgan fingerprint density at radius 1 is 1.27 bits per heavy atom. The molecule has 1 fully saturated rings. The molecule has 4 nitrogen and oxygen atoms in total. The van der Waals surface area contributed by atoms with Crippen molar-refractivity contribution in [3.8, 4) is 0 Å². The van der Waals surface area contributed by atoms with E-state index < -0.39 is 0 Å². The number of carbonyl (C=O) groups excluding carboxylic acids is 1. The number of amides is 2. The van der Waals surface area contributed by atoms with Crippen LogP contribution in [-0.2, 0) is 5.41 Å². The second-order valence-electron chi connectivity index (χ2n) is 8.83. The maximum atomic E-state index is 12.2. The molecule has 0 aromatic heterocycles. The minimum Gasteiger partial charge on any atom is -0.331 e. The summed E-state index contributed by atoms with van der Waals surface area (Å²) in [6.07, 6.45) is 6.01. The van der Waals surface area contributed by atoms with Crippen molar-refractivity contribution in [1.29, 1.82) is 0 Å². The summed E-state index contributed by atoms with van der Waals surface area (Å²) in [5.74, 6) is 0.780. The van der Waals surface area contributed by atoms with Gasteiger partial charge in [0.15, 0.2) is 0 Å². The van der Waals surface area contributed by atoms with Gasteiger partial charge in [0.05, 0.1) is 6.04 Å². The molecule has 1 aliphatic carbocycles. The summed E-state index contributed by atoms with van der Waals surface area (Å²) in [4.78, 5) is 16.4. The van der Waals surface area contributed by atoms with E-state index in [1.165, 1.54) is 56.4 Å². The number of hydrogen-bond donors (Lipinski definition) is 1. The van der Waals surface area contributed by atoms with Crippen molar-refractivity contribution in [3.05, 3.63) is 35.4 Å². The first-order valence-electron chi connectivity index (χ1n) is 10.2. The molecule has 1 aliphatic heterocycles. The Morgan fingerprint density at radius 2 is 1.96 bits per heavy atom. The van der Waals surface area contributed by atoms with Gasteiger partial charge >= 0.3 is 6.03 Å². The number of piperidine rings is 1. The van der Waals surface area contributed by atoms with Crippen LogP contribution in [0.4, 0.5) is 4.79 Å². The molecule has 0 unspecified atom stereocenters. The number of rotatable bonds is 4. The van der Waals surface area contributed by atoms with Crippen LogP contribution < -0.4 is 5.32 Å². The summed E-state index contributed by atoms with van der Waals surface area (Å²) >= 11 is 0. The second-order valence-corrected chi connectivity index (χ2v) is 8.83. The van der Waals surface area contributed by atoms with E-state index in [9.17, 15) is 4.79 Å². The Bertz CT molecular complexity index is 624. The molecular formula is C22H37N3O. The number of hydrogen-bond acceptors (Lipinski definition) is 2. The first-order chi connectivity index (χ1) is 12.4. The minimum absolute atomic E-state index is 0. The van der Waals surface area contributed by atoms with Crippen molar-refractivity contribution in [2.24, 2.45) is 5.92 Å². The van der Waals surface area contributed by atoms with Crippen molar-refractivity contribution in [3.63, 3.8) is 0 Å². The number of carbonyl (C=O) groups is 1. The lowest BCUT2D eigenvalue weighted by Crippen LogP contribution is -2.47. The molecular weight excluding hydrogens is 322 g/mol. The summed E-state index contributed by atoms with van der Waals surface area (Å²) in [6, 6.07) is 8.97. The maximum Gasteiger partial charge on any atom is 0.317 e. The third-order valence-electron chi connectivity index (χ3n) is 6.36. The van der Waals surface area contributed by atoms with E-state index in [4.69, 9.17) is 0 Å². The van der Waals surface area contributed by atoms with Gasteiger partial charge in [-0.25, -0.2) is 4.79 Å². The zero-order valence-electron chi connectivity index (χ0n) is 16.9. The molecule has 1 N–H and O–H groups in total. The van der Waals surface area contributed by atoms with E-state index in [2.05, 4.69) is 48.3 Å². The Kier molecular flexibility index (Phi) is 5.91. The summed E-state index contributed by atoms with van der Waals surface area (Å²) in [6.45, 7) is 8.26. The summed E-state index contributed by atoms with van der Waals surface area (Å²) in [7, 11) is 3.61. The number of fused-ring (bicyclic) bond motifs is 2. The van der Waals surface area contributed by atoms with Crippen LogP contribution in [0.25, 0.3) is 0 Å². The van der Waals surface area contributed by atoms with Crippen LogP contribution in [-0.4, -0.2) is 49.6 Å². The number of nitrogens with zero attached hydrogens (tertiary/aromatic N) is 2. The van der Waals surface area contributed by atoms with Gasteiger partial charge in [0.1, 0.15) is 0 Å². The van der Waals surface area contributed by atoms with E-state index in [-0.39, 0.29) is 13.5 Å². The first kappa shape index (κ1) is 19.2. The molecule has 3 rings (SSSR count). The molecule has 1 atom stereocenters. The van der Waals surface area contributed by atoms with Crippen molar-refractivity contribution in [2.75, 3.05) is 33.7 Å². The fourth-order valence-corrected chi connectivity index (χ4v) is 4.59. The van der Waals surface area contributed by atoms with Gasteiger partial charge in [0.25, 0.3) is 0 Å². The first-order valence-corrected chi connectivity index (χ1v) is 10.2. The quantitative estimate of drug-likeness (QED) is 0.864. The molecule has 0 bridgehead atoms. The van der Waals surface area contributed by atoms with Gasteiger partial charge in [0, 0.05) is 15.5 Å². The lowest BCUT2D eigenvalue weighted by atomic mass is 9.63. The Morgan fingerprint density at radius 3 is 2.62 bits per heavy atom. The lowest BCUT2D eigenvalue weighted by Gasteiger charge is -2.47. The van der Waals surface area contributed by atoms with Crippen LogP contribution in [0.15, 0.2) is 24.3 Å². The van der Waals surface area contributed by atoms with E-state index in [0.717, 1.165) is 12.3 Å². The lowest BCUT2D eigenvalue weighted by molar-refractivity contribution is 0.134. The summed E-state index contributed by atoms with van der Waals surface area (Å²) in [5, 5.41) is 3.21. The minimum atomic E-state index is 0. The third kappa shape index (κ3) is 4.06. The average molecular weight is 360 g/mol. The van der Waals surface area contributed by atoms with E-state index in [1.54, 1.807) is 19.0 Å². The zero-order chi connectivity index (χ0) is 18.7. The van der Waals surface area contributed by atoms with Crippen molar-refractivity contribution < 1.29 is 6.22 Å². The van der Waals surface area contributed by atoms with E-state index >= 15 is 0 Å². The highest BCUT2D eigenvalue weighted by Crippen LogP contribution is 2.47. The van der Waals surface area contributed by atoms with E-state index in [1.807, 2.05) is 0 Å². The molecule has 0 radical (unpaired) electrons. The Hall–Kier alpha value is -1.55. The highest BCUT2D eigenvalue weighted by molar-refractivity contribution is 5.74. The van der Waals surface area contributed by atoms with Crippen LogP contribution in [0.3, 0.4) is 0 Å². The number of urea groups is 1. The molecule has 1 spiro atoms. The van der Waals surface area contributed by atoms with Crippen LogP contribution >= 0.6 is 0 Å². The Labute approximate surface area is 160 Å². The third-order valence-corrected chi connectivity index (χ3v) is 6.36. The van der Waals surface area contributed by atoms with Gasteiger partial charge in [-0.15, -0.1) is 0 Å². The van der Waals surface area contributed by atoms with Gasteiger partial charge in [-0.05, 0) is 74.2 Å². The predicted octanol–water partition coefficient (Wildman–Crippen LogP) is 4.42. The monoisotopic (exact) mass is 359 g/mol. The Balaban J connectivity index is 0.00000261. The molecule has 1 heterocycles. The molecule has 0 saturated carbocycles. The fraction of sp³-hybridized carbons (Fsp3) is 0.682. The smallest absolute Gasteiger partial charge is 0.317 e. The number of benzene rings is 1. The van der Waals surface area contributed by atoms with Crippen molar-refractivity contribution in [1.82, 2.24) is 15.1 Å². The van der Waals surface area contributed by atoms with Gasteiger partial charge in [0.2, 0.25) is 0 Å². The van der Waals surface area contributed by atoms with Crippen LogP contribution in [0, 0.1) is 5.92 Å². The molecule has 2 aliphatic rings. The SMILES string of the molecule is CC(C)CCN1CCC2(CC[C@H](NC(=O)N(C)C)c3ccccc32)CC1.[HH]. The van der Waals surface area contributed by atoms with Gasteiger partial charge < -0.3 is 15.1 Å². The molecule has 146 valence electrons. The second kappa shape index (κ2) is 7.99. The normalized spacial score (nSPS) is 22.3. The molecule has 2 amide bonds. The molecule has 26 heavy (non-hydrogen) atoms. The van der Waals surface area contributed by atoms with Crippen LogP contribution in [0.5, 0.6) is 0 Å². The molecule has 1 saturated heterocycles. The topological polar surface area (TPSA) is 35.6 Å². The van der Waals surface area contributed by atoms with Gasteiger partial charge in [-0.2, -0.15) is 0 Å². The highest BCUT2D eigenvalue weighted by atomic mass is 16.2. The highest BCUT2D eigenvalue weighted by Gasteiger charge is 2.42. The molecule has 1 aromatic rings. The largest absolute Gasteiger partial charge is 0.331 e. The average Bonchev–Trinajstić information content (AvgIpc) is 2.63. The van der Waals surface area contributed by atoms with E-state index in [0.29, 0.717) is 5.41 Å². The predicted molar refractivity (Wildman–Crippen MR) is 110 cm³/mol. The van der Waals surface area contributed by atoms with Gasteiger partial charge in [-0.1, -0.05) is 38.1 Å². The standard InChI is InChI=1S/C22H35N3O.H2/c1-17(2)10-14-25-15-12-22(13-16-25)11-9-20(23-21(26)24(3)4)18-7-5-6-8-19(18)22;/h5-8,17,20H,9-16H2,1-4H3,(H,23,26);1H/t20-;/m0./s1. The van der Waals surface area contributed by atoms with Crippen LogP contribution in [0.2, 0.25) is 0 Å². The van der Waals surface area contributed by atoms with Crippen LogP contribution in [0.1, 0.15) is 64.5 Å². The maximum absolute atomic E-state index is 12.2. The molecule has 1 aromatic carbocycles. The zero-order valence-corrected chi connectivity index (χ0v) is 16.9.